The minimum absolute atomic E-state index is 0.0208. The maximum Gasteiger partial charge on any atom is 0.251 e. The number of hydrogen-bond acceptors (Lipinski definition) is 5. The third kappa shape index (κ3) is 5.30. The van der Waals surface area contributed by atoms with Crippen molar-refractivity contribution in [3.8, 4) is 11.5 Å². The topological polar surface area (TPSA) is 85.9 Å². The van der Waals surface area contributed by atoms with E-state index < -0.39 is 0 Å². The van der Waals surface area contributed by atoms with Gasteiger partial charge in [-0.25, -0.2) is 0 Å². The van der Waals surface area contributed by atoms with Crippen molar-refractivity contribution in [1.82, 2.24) is 10.6 Å². The van der Waals surface area contributed by atoms with Gasteiger partial charge >= 0.3 is 0 Å². The van der Waals surface area contributed by atoms with E-state index in [2.05, 4.69) is 31.4 Å². The molecule has 0 saturated carbocycles. The second-order valence-electron chi connectivity index (χ2n) is 9.75. The van der Waals surface area contributed by atoms with E-state index in [1.165, 1.54) is 0 Å². The van der Waals surface area contributed by atoms with E-state index in [1.54, 1.807) is 12.1 Å². The van der Waals surface area contributed by atoms with Crippen LogP contribution in [0.5, 0.6) is 11.5 Å². The Morgan fingerprint density at radius 2 is 1.64 bits per heavy atom. The van der Waals surface area contributed by atoms with Crippen LogP contribution in [0, 0.1) is 0 Å². The highest BCUT2D eigenvalue weighted by Crippen LogP contribution is 2.40. The van der Waals surface area contributed by atoms with Gasteiger partial charge in [0.15, 0.2) is 11.5 Å². The molecule has 4 rings (SSSR count). The lowest BCUT2D eigenvalue weighted by Crippen LogP contribution is -2.47. The van der Waals surface area contributed by atoms with Crippen LogP contribution in [-0.2, 0) is 20.4 Å². The summed E-state index contributed by atoms with van der Waals surface area (Å²) in [7, 11) is 0. The molecule has 0 bridgehead atoms. The molecule has 1 fully saturated rings. The molecule has 0 spiro atoms. The molecule has 1 saturated heterocycles. The molecule has 33 heavy (non-hydrogen) atoms. The Morgan fingerprint density at radius 1 is 0.939 bits per heavy atom. The first-order chi connectivity index (χ1) is 15.8. The van der Waals surface area contributed by atoms with Crippen LogP contribution < -0.4 is 20.1 Å². The van der Waals surface area contributed by atoms with Gasteiger partial charge in [0.25, 0.3) is 5.91 Å². The first kappa shape index (κ1) is 23.1. The number of hydrogen-bond donors (Lipinski definition) is 2. The number of carbonyl (C=O) groups excluding carboxylic acids is 2. The zero-order valence-corrected chi connectivity index (χ0v) is 19.5. The molecule has 0 radical (unpaired) electrons. The maximum atomic E-state index is 12.6. The molecule has 2 aromatic rings. The zero-order chi connectivity index (χ0) is 23.5. The largest absolute Gasteiger partial charge is 0.454 e. The van der Waals surface area contributed by atoms with Crippen molar-refractivity contribution in [1.29, 1.82) is 0 Å². The van der Waals surface area contributed by atoms with E-state index in [1.807, 2.05) is 30.3 Å². The Kier molecular flexibility index (Phi) is 6.61. The van der Waals surface area contributed by atoms with E-state index in [0.29, 0.717) is 25.3 Å². The fraction of sp³-hybridized carbons (Fsp3) is 0.462. The van der Waals surface area contributed by atoms with Crippen LogP contribution in [0.25, 0.3) is 0 Å². The number of ether oxygens (including phenoxy) is 3. The van der Waals surface area contributed by atoms with Crippen LogP contribution >= 0.6 is 0 Å². The van der Waals surface area contributed by atoms with E-state index in [9.17, 15) is 9.59 Å². The molecular weight excluding hydrogens is 420 g/mol. The summed E-state index contributed by atoms with van der Waals surface area (Å²) >= 11 is 0. The Bertz CT molecular complexity index is 1000. The second-order valence-corrected chi connectivity index (χ2v) is 9.75. The van der Waals surface area contributed by atoms with Crippen molar-refractivity contribution in [2.75, 3.05) is 33.1 Å². The van der Waals surface area contributed by atoms with Gasteiger partial charge in [-0.2, -0.15) is 0 Å². The fourth-order valence-electron chi connectivity index (χ4n) is 4.27. The summed E-state index contributed by atoms with van der Waals surface area (Å²) in [6.45, 7) is 8.25. The predicted octanol–water partition coefficient (Wildman–Crippen LogP) is 3.31. The molecule has 176 valence electrons. The van der Waals surface area contributed by atoms with Crippen molar-refractivity contribution >= 4 is 11.8 Å². The summed E-state index contributed by atoms with van der Waals surface area (Å²) in [6.07, 6.45) is 1.58. The number of rotatable bonds is 6. The highest BCUT2D eigenvalue weighted by Gasteiger charge is 2.36. The van der Waals surface area contributed by atoms with Gasteiger partial charge in [-0.1, -0.05) is 39.0 Å². The third-order valence-corrected chi connectivity index (χ3v) is 6.48. The minimum Gasteiger partial charge on any atom is -0.454 e. The molecule has 0 aromatic heterocycles. The Morgan fingerprint density at radius 3 is 2.33 bits per heavy atom. The van der Waals surface area contributed by atoms with Gasteiger partial charge in [-0.3, -0.25) is 9.59 Å². The molecule has 2 aromatic carbocycles. The standard InChI is InChI=1S/C26H32N2O5/c1-25(2,3)19-6-4-18(5-7-19)24(30)27-15-23(29)28-16-26(10-12-31-13-11-26)20-8-9-21-22(14-20)33-17-32-21/h4-9,14H,10-13,15-17H2,1-3H3,(H,27,30)(H,28,29). The number of nitrogens with one attached hydrogen (secondary N) is 2. The summed E-state index contributed by atoms with van der Waals surface area (Å²) in [6, 6.07) is 13.5. The minimum atomic E-state index is -0.262. The van der Waals surface area contributed by atoms with Crippen LogP contribution in [0.4, 0.5) is 0 Å². The first-order valence-electron chi connectivity index (χ1n) is 11.4. The van der Waals surface area contributed by atoms with Crippen LogP contribution in [0.3, 0.4) is 0 Å². The zero-order valence-electron chi connectivity index (χ0n) is 19.5. The third-order valence-electron chi connectivity index (χ3n) is 6.48. The Labute approximate surface area is 194 Å². The summed E-state index contributed by atoms with van der Waals surface area (Å²) in [5, 5.41) is 5.73. The van der Waals surface area contributed by atoms with Crippen LogP contribution in [-0.4, -0.2) is 44.9 Å². The number of fused-ring (bicyclic) bond motifs is 1. The molecule has 0 unspecified atom stereocenters. The highest BCUT2D eigenvalue weighted by atomic mass is 16.7. The van der Waals surface area contributed by atoms with Crippen molar-refractivity contribution < 1.29 is 23.8 Å². The highest BCUT2D eigenvalue weighted by molar-refractivity contribution is 5.96. The molecule has 2 amide bonds. The van der Waals surface area contributed by atoms with Crippen molar-refractivity contribution in [3.05, 3.63) is 59.2 Å². The second kappa shape index (κ2) is 9.43. The lowest BCUT2D eigenvalue weighted by molar-refractivity contribution is -0.120. The van der Waals surface area contributed by atoms with E-state index >= 15 is 0 Å². The Hall–Kier alpha value is -3.06. The lowest BCUT2D eigenvalue weighted by atomic mass is 9.74. The van der Waals surface area contributed by atoms with Gasteiger partial charge in [0.2, 0.25) is 12.7 Å². The number of benzene rings is 2. The van der Waals surface area contributed by atoms with Crippen LogP contribution in [0.1, 0.15) is 55.1 Å². The molecule has 2 N–H and O–H groups in total. The fourth-order valence-corrected chi connectivity index (χ4v) is 4.27. The van der Waals surface area contributed by atoms with Crippen molar-refractivity contribution in [2.45, 2.75) is 44.4 Å². The summed E-state index contributed by atoms with van der Waals surface area (Å²) < 4.78 is 16.6. The van der Waals surface area contributed by atoms with Crippen LogP contribution in [0.15, 0.2) is 42.5 Å². The quantitative estimate of drug-likeness (QED) is 0.702. The monoisotopic (exact) mass is 452 g/mol. The van der Waals surface area contributed by atoms with Gasteiger partial charge in [-0.05, 0) is 53.6 Å². The lowest BCUT2D eigenvalue weighted by Gasteiger charge is -2.38. The summed E-state index contributed by atoms with van der Waals surface area (Å²) in [5.41, 5.74) is 2.56. The van der Waals surface area contributed by atoms with Gasteiger partial charge in [0, 0.05) is 30.7 Å². The number of carbonyl (C=O) groups is 2. The molecule has 2 aliphatic heterocycles. The molecular formula is C26H32N2O5. The molecule has 7 heteroatoms. The average Bonchev–Trinajstić information content (AvgIpc) is 3.29. The SMILES string of the molecule is CC(C)(C)c1ccc(C(=O)NCC(=O)NCC2(c3ccc4c(c3)OCO4)CCOCC2)cc1. The van der Waals surface area contributed by atoms with E-state index in [4.69, 9.17) is 14.2 Å². The predicted molar refractivity (Wildman–Crippen MR) is 125 cm³/mol. The number of amides is 2. The van der Waals surface area contributed by atoms with Gasteiger partial charge in [0.05, 0.1) is 6.54 Å². The molecule has 2 heterocycles. The van der Waals surface area contributed by atoms with Crippen molar-refractivity contribution in [3.63, 3.8) is 0 Å². The van der Waals surface area contributed by atoms with Gasteiger partial charge in [0.1, 0.15) is 0 Å². The Balaban J connectivity index is 1.35. The van der Waals surface area contributed by atoms with Gasteiger partial charge < -0.3 is 24.8 Å². The molecule has 7 nitrogen and oxygen atoms in total. The van der Waals surface area contributed by atoms with Crippen molar-refractivity contribution in [2.24, 2.45) is 0 Å². The van der Waals surface area contributed by atoms with Crippen LogP contribution in [0.2, 0.25) is 0 Å². The van der Waals surface area contributed by atoms with E-state index in [-0.39, 0.29) is 36.0 Å². The molecule has 0 aliphatic carbocycles. The first-order valence-corrected chi connectivity index (χ1v) is 11.4. The normalized spacial score (nSPS) is 16.8. The average molecular weight is 453 g/mol. The smallest absolute Gasteiger partial charge is 0.251 e. The maximum absolute atomic E-state index is 12.6. The summed E-state index contributed by atoms with van der Waals surface area (Å²) in [5.74, 6) is 0.987. The van der Waals surface area contributed by atoms with Gasteiger partial charge in [-0.15, -0.1) is 0 Å². The van der Waals surface area contributed by atoms with E-state index in [0.717, 1.165) is 35.5 Å². The molecule has 0 atom stereocenters. The molecule has 2 aliphatic rings. The summed E-state index contributed by atoms with van der Waals surface area (Å²) in [4.78, 5) is 25.0.